The molecule has 0 aliphatic heterocycles. The van der Waals surface area contributed by atoms with Crippen LogP contribution in [0.2, 0.25) is 5.02 Å². The topological polar surface area (TPSA) is 84.4 Å². The normalized spacial score (nSPS) is 9.77. The number of hydrogen-bond donors (Lipinski definition) is 0. The predicted molar refractivity (Wildman–Crippen MR) is 75.0 cm³/mol. The van der Waals surface area contributed by atoms with Gasteiger partial charge in [0.25, 0.3) is 0 Å². The second-order valence-electron chi connectivity index (χ2n) is 3.74. The minimum absolute atomic E-state index is 0. The zero-order valence-corrected chi connectivity index (χ0v) is 16.8. The molecule has 1 aromatic heterocycles. The molecule has 0 spiro atoms. The Balaban J connectivity index is 0.00000242. The zero-order valence-electron chi connectivity index (χ0n) is 12.1. The molecule has 2 aromatic rings. The average molecular weight is 365 g/mol. The average Bonchev–Trinajstić information content (AvgIpc) is 2.46. The Labute approximate surface area is 179 Å². The first-order valence-corrected chi connectivity index (χ1v) is 6.89. The van der Waals surface area contributed by atoms with Gasteiger partial charge < -0.3 is 19.4 Å². The van der Waals surface area contributed by atoms with Gasteiger partial charge in [0, 0.05) is 10.5 Å². The van der Waals surface area contributed by atoms with E-state index in [1.165, 1.54) is 26.4 Å². The molecule has 0 amide bonds. The number of halogens is 1. The first kappa shape index (κ1) is 19.7. The van der Waals surface area contributed by atoms with Crippen molar-refractivity contribution in [3.63, 3.8) is 0 Å². The van der Waals surface area contributed by atoms with Crippen LogP contribution in [0.3, 0.4) is 0 Å². The smallest absolute Gasteiger partial charge is 0.545 e. The third-order valence-electron chi connectivity index (χ3n) is 2.46. The van der Waals surface area contributed by atoms with Crippen molar-refractivity contribution in [2.24, 2.45) is 0 Å². The first-order valence-electron chi connectivity index (χ1n) is 5.70. The van der Waals surface area contributed by atoms with E-state index in [0.29, 0.717) is 16.7 Å². The van der Waals surface area contributed by atoms with Gasteiger partial charge in [-0.05, 0) is 23.9 Å². The van der Waals surface area contributed by atoms with Crippen molar-refractivity contribution in [3.8, 4) is 11.8 Å². The van der Waals surface area contributed by atoms with Crippen LogP contribution in [-0.4, -0.2) is 30.2 Å². The Kier molecular flexibility index (Phi) is 8.12. The van der Waals surface area contributed by atoms with E-state index in [9.17, 15) is 9.90 Å². The number of aromatic nitrogens is 2. The fraction of sp³-hybridized carbons (Fsp3) is 0.154. The van der Waals surface area contributed by atoms with Crippen molar-refractivity contribution in [2.45, 2.75) is 10.1 Å². The molecule has 22 heavy (non-hydrogen) atoms. The molecule has 0 N–H and O–H groups in total. The van der Waals surface area contributed by atoms with Crippen molar-refractivity contribution < 1.29 is 70.8 Å². The van der Waals surface area contributed by atoms with Gasteiger partial charge in [-0.3, -0.25) is 0 Å². The van der Waals surface area contributed by atoms with E-state index in [-0.39, 0.29) is 67.1 Å². The monoisotopic (exact) mass is 364 g/mol. The van der Waals surface area contributed by atoms with Crippen LogP contribution in [-0.2, 0) is 0 Å². The van der Waals surface area contributed by atoms with Crippen LogP contribution in [0.4, 0.5) is 0 Å². The maximum absolute atomic E-state index is 11.2. The largest absolute Gasteiger partial charge is 1.00 e. The number of aromatic carboxylic acids is 1. The second-order valence-corrected chi connectivity index (χ2v) is 5.15. The van der Waals surface area contributed by atoms with Gasteiger partial charge in [0.1, 0.15) is 0 Å². The maximum atomic E-state index is 11.2. The van der Waals surface area contributed by atoms with E-state index in [0.717, 1.165) is 11.8 Å². The molecule has 0 radical (unpaired) electrons. The molecule has 2 rings (SSSR count). The van der Waals surface area contributed by atoms with Gasteiger partial charge in [0.15, 0.2) is 5.16 Å². The number of ether oxygens (including phenoxy) is 2. The van der Waals surface area contributed by atoms with Crippen LogP contribution in [0, 0.1) is 0 Å². The Hall–Kier alpha value is -0.354. The van der Waals surface area contributed by atoms with Crippen molar-refractivity contribution in [2.75, 3.05) is 14.2 Å². The molecule has 0 atom stereocenters. The van der Waals surface area contributed by atoms with E-state index in [4.69, 9.17) is 21.1 Å². The van der Waals surface area contributed by atoms with Crippen LogP contribution in [0.25, 0.3) is 0 Å². The summed E-state index contributed by atoms with van der Waals surface area (Å²) in [5.74, 6) is -0.749. The molecule has 0 fully saturated rings. The quantitative estimate of drug-likeness (QED) is 0.480. The number of benzene rings is 1. The Bertz CT molecular complexity index is 665. The minimum atomic E-state index is -1.36. The van der Waals surface area contributed by atoms with E-state index >= 15 is 0 Å². The standard InChI is InChI=1S/C13H11ClN2O4S.K/c1-19-9-6-10(20-2)16-13(15-9)21-8-5-3-4-7(14)11(8)12(17)18;/h3-6H,1-2H3,(H,17,18);/q;+1/p-1. The fourth-order valence-corrected chi connectivity index (χ4v) is 2.74. The number of rotatable bonds is 5. The fourth-order valence-electron chi connectivity index (χ4n) is 1.52. The molecule has 1 aromatic carbocycles. The van der Waals surface area contributed by atoms with E-state index in [2.05, 4.69) is 9.97 Å². The molecule has 0 bridgehead atoms. The number of carbonyl (C=O) groups excluding carboxylic acids is 1. The predicted octanol–water partition coefficient (Wildman–Crippen LogP) is -1.33. The van der Waals surface area contributed by atoms with Crippen molar-refractivity contribution >= 4 is 29.3 Å². The molecule has 0 saturated heterocycles. The minimum Gasteiger partial charge on any atom is -0.545 e. The van der Waals surface area contributed by atoms with Crippen LogP contribution < -0.4 is 66.0 Å². The number of carboxylic acid groups (broad SMARTS) is 1. The number of hydrogen-bond acceptors (Lipinski definition) is 7. The Morgan fingerprint density at radius 3 is 2.32 bits per heavy atom. The summed E-state index contributed by atoms with van der Waals surface area (Å²) in [6.07, 6.45) is 0. The number of carboxylic acids is 1. The van der Waals surface area contributed by atoms with Crippen LogP contribution in [0.1, 0.15) is 10.4 Å². The van der Waals surface area contributed by atoms with Crippen molar-refractivity contribution in [1.82, 2.24) is 9.97 Å². The molecule has 110 valence electrons. The molecule has 0 saturated carbocycles. The zero-order chi connectivity index (χ0) is 15.4. The van der Waals surface area contributed by atoms with Gasteiger partial charge in [-0.25, -0.2) is 0 Å². The van der Waals surface area contributed by atoms with Gasteiger partial charge in [-0.1, -0.05) is 17.7 Å². The SMILES string of the molecule is COc1cc(OC)nc(Sc2cccc(Cl)c2C(=O)[O-])n1.[K+]. The summed E-state index contributed by atoms with van der Waals surface area (Å²) >= 11 is 6.91. The van der Waals surface area contributed by atoms with Gasteiger partial charge in [-0.2, -0.15) is 9.97 Å². The van der Waals surface area contributed by atoms with E-state index < -0.39 is 5.97 Å². The molecular weight excluding hydrogens is 355 g/mol. The number of carbonyl (C=O) groups is 1. The molecule has 9 heteroatoms. The van der Waals surface area contributed by atoms with Gasteiger partial charge >= 0.3 is 51.4 Å². The third-order valence-corrected chi connectivity index (χ3v) is 3.70. The second kappa shape index (κ2) is 9.07. The molecule has 6 nitrogen and oxygen atoms in total. The van der Waals surface area contributed by atoms with Crippen LogP contribution in [0.15, 0.2) is 34.3 Å². The third kappa shape index (κ3) is 4.82. The van der Waals surface area contributed by atoms with Crippen LogP contribution in [0.5, 0.6) is 11.8 Å². The van der Waals surface area contributed by atoms with Gasteiger partial charge in [0.2, 0.25) is 11.8 Å². The summed E-state index contributed by atoms with van der Waals surface area (Å²) in [6, 6.07) is 6.22. The number of nitrogens with zero attached hydrogens (tertiary/aromatic N) is 2. The van der Waals surface area contributed by atoms with Crippen LogP contribution >= 0.6 is 23.4 Å². The van der Waals surface area contributed by atoms with Crippen molar-refractivity contribution in [3.05, 3.63) is 34.9 Å². The number of methoxy groups -OCH3 is 2. The molecular formula is C13H10ClKN2O4S. The summed E-state index contributed by atoms with van der Waals surface area (Å²) < 4.78 is 10.1. The van der Waals surface area contributed by atoms with E-state index in [1.807, 2.05) is 0 Å². The Morgan fingerprint density at radius 2 is 1.82 bits per heavy atom. The molecule has 1 heterocycles. The molecule has 0 aliphatic rings. The summed E-state index contributed by atoms with van der Waals surface area (Å²) in [6.45, 7) is 0. The first-order chi connectivity index (χ1) is 10.0. The van der Waals surface area contributed by atoms with E-state index in [1.54, 1.807) is 12.1 Å². The summed E-state index contributed by atoms with van der Waals surface area (Å²) in [5, 5.41) is 11.5. The molecule has 0 unspecified atom stereocenters. The molecule has 0 aliphatic carbocycles. The van der Waals surface area contributed by atoms with Crippen molar-refractivity contribution in [1.29, 1.82) is 0 Å². The summed E-state index contributed by atoms with van der Waals surface area (Å²) in [5.41, 5.74) is -0.102. The van der Waals surface area contributed by atoms with Gasteiger partial charge in [-0.15, -0.1) is 0 Å². The Morgan fingerprint density at radius 1 is 1.23 bits per heavy atom. The maximum Gasteiger partial charge on any atom is 1.00 e. The summed E-state index contributed by atoms with van der Waals surface area (Å²) in [7, 11) is 2.92. The summed E-state index contributed by atoms with van der Waals surface area (Å²) in [4.78, 5) is 19.8. The van der Waals surface area contributed by atoms with Gasteiger partial charge in [0.05, 0.1) is 31.3 Å².